The summed E-state index contributed by atoms with van der Waals surface area (Å²) in [4.78, 5) is 6.83. The van der Waals surface area contributed by atoms with Gasteiger partial charge in [0.15, 0.2) is 0 Å². The monoisotopic (exact) mass is 301 g/mol. The highest BCUT2D eigenvalue weighted by molar-refractivity contribution is 7.80. The third-order valence-corrected chi connectivity index (χ3v) is 3.51. The number of nitrogens with two attached hydrogens (primary N) is 1. The Bertz CT molecular complexity index is 685. The van der Waals surface area contributed by atoms with Crippen molar-refractivity contribution in [2.75, 3.05) is 11.4 Å². The smallest absolute Gasteiger partial charge is 0.117 e. The lowest BCUT2D eigenvalue weighted by Gasteiger charge is -2.27. The average molecular weight is 301 g/mol. The summed E-state index contributed by atoms with van der Waals surface area (Å²) in [6.45, 7) is 6.61. The molecule has 0 spiro atoms. The van der Waals surface area contributed by atoms with Gasteiger partial charge in [0.1, 0.15) is 10.7 Å². The zero-order valence-electron chi connectivity index (χ0n) is 12.4. The average Bonchev–Trinajstić information content (AvgIpc) is 2.38. The Morgan fingerprint density at radius 3 is 2.62 bits per heavy atom. The Morgan fingerprint density at radius 1 is 1.33 bits per heavy atom. The first-order valence-corrected chi connectivity index (χ1v) is 7.19. The molecule has 0 aliphatic rings. The molecular weight excluding hydrogens is 282 g/mol. The van der Waals surface area contributed by atoms with Gasteiger partial charge in [0, 0.05) is 29.7 Å². The number of aromatic hydroxyl groups is 1. The fraction of sp³-hybridized carbons (Fsp3) is 0.250. The van der Waals surface area contributed by atoms with Gasteiger partial charge in [-0.2, -0.15) is 0 Å². The van der Waals surface area contributed by atoms with E-state index in [4.69, 9.17) is 18.0 Å². The molecule has 0 unspecified atom stereocenters. The minimum Gasteiger partial charge on any atom is -0.508 e. The molecule has 2 rings (SSSR count). The number of aromatic nitrogens is 1. The molecule has 0 bridgehead atoms. The van der Waals surface area contributed by atoms with Crippen molar-refractivity contribution in [3.8, 4) is 5.75 Å². The molecule has 1 aromatic carbocycles. The van der Waals surface area contributed by atoms with Gasteiger partial charge >= 0.3 is 0 Å². The molecule has 0 aliphatic heterocycles. The second kappa shape index (κ2) is 6.10. The van der Waals surface area contributed by atoms with Gasteiger partial charge < -0.3 is 15.7 Å². The summed E-state index contributed by atoms with van der Waals surface area (Å²) < 4.78 is 0. The summed E-state index contributed by atoms with van der Waals surface area (Å²) in [7, 11) is 0. The molecule has 0 fully saturated rings. The number of phenols is 1. The second-order valence-electron chi connectivity index (χ2n) is 4.87. The first-order valence-electron chi connectivity index (χ1n) is 6.78. The first-order chi connectivity index (χ1) is 9.93. The Hall–Kier alpha value is -2.14. The quantitative estimate of drug-likeness (QED) is 0.849. The van der Waals surface area contributed by atoms with Crippen molar-refractivity contribution in [2.24, 2.45) is 5.73 Å². The number of hydrogen-bond donors (Lipinski definition) is 2. The highest BCUT2D eigenvalue weighted by Crippen LogP contribution is 2.32. The van der Waals surface area contributed by atoms with Crippen molar-refractivity contribution in [1.82, 2.24) is 4.98 Å². The number of benzene rings is 1. The molecule has 1 heterocycles. The van der Waals surface area contributed by atoms with Gasteiger partial charge in [0.2, 0.25) is 0 Å². The van der Waals surface area contributed by atoms with Crippen LogP contribution in [0.15, 0.2) is 30.3 Å². The standard InChI is InChI=1S/C16H19N3OS/c1-4-19(12-6-5-7-13(20)9-12)14-8-10(2)18-11(3)15(14)16(17)21/h5-9,20H,4H2,1-3H3,(H2,17,21). The van der Waals surface area contributed by atoms with Crippen LogP contribution in [0, 0.1) is 13.8 Å². The number of aryl methyl sites for hydroxylation is 2. The number of phenolic OH excluding ortho intramolecular Hbond substituents is 1. The van der Waals surface area contributed by atoms with E-state index in [0.29, 0.717) is 4.99 Å². The van der Waals surface area contributed by atoms with E-state index in [0.717, 1.165) is 34.9 Å². The number of anilines is 2. The second-order valence-corrected chi connectivity index (χ2v) is 5.31. The summed E-state index contributed by atoms with van der Waals surface area (Å²) in [5.41, 5.74) is 10.2. The molecule has 21 heavy (non-hydrogen) atoms. The van der Waals surface area contributed by atoms with Crippen molar-refractivity contribution in [1.29, 1.82) is 0 Å². The third-order valence-electron chi connectivity index (χ3n) is 3.30. The largest absolute Gasteiger partial charge is 0.508 e. The summed E-state index contributed by atoms with van der Waals surface area (Å²) in [6.07, 6.45) is 0. The number of nitrogens with zero attached hydrogens (tertiary/aromatic N) is 2. The topological polar surface area (TPSA) is 62.4 Å². The maximum Gasteiger partial charge on any atom is 0.117 e. The van der Waals surface area contributed by atoms with E-state index in [2.05, 4.69) is 9.88 Å². The van der Waals surface area contributed by atoms with Crippen LogP contribution in [0.2, 0.25) is 0 Å². The van der Waals surface area contributed by atoms with Crippen LogP contribution in [0.4, 0.5) is 11.4 Å². The van der Waals surface area contributed by atoms with E-state index >= 15 is 0 Å². The molecule has 0 atom stereocenters. The Morgan fingerprint density at radius 2 is 2.05 bits per heavy atom. The van der Waals surface area contributed by atoms with Gasteiger partial charge in [0.05, 0.1) is 11.3 Å². The van der Waals surface area contributed by atoms with Gasteiger partial charge in [-0.1, -0.05) is 18.3 Å². The lowest BCUT2D eigenvalue weighted by atomic mass is 10.1. The van der Waals surface area contributed by atoms with Gasteiger partial charge in [-0.3, -0.25) is 4.98 Å². The van der Waals surface area contributed by atoms with Crippen molar-refractivity contribution < 1.29 is 5.11 Å². The highest BCUT2D eigenvalue weighted by Gasteiger charge is 2.17. The zero-order valence-corrected chi connectivity index (χ0v) is 13.2. The molecule has 3 N–H and O–H groups in total. The molecular formula is C16H19N3OS. The van der Waals surface area contributed by atoms with Crippen LogP contribution in [0.1, 0.15) is 23.9 Å². The highest BCUT2D eigenvalue weighted by atomic mass is 32.1. The van der Waals surface area contributed by atoms with Gasteiger partial charge in [-0.15, -0.1) is 0 Å². The van der Waals surface area contributed by atoms with E-state index in [-0.39, 0.29) is 5.75 Å². The lowest BCUT2D eigenvalue weighted by Crippen LogP contribution is -2.23. The molecule has 0 saturated heterocycles. The molecule has 0 radical (unpaired) electrons. The molecule has 0 saturated carbocycles. The molecule has 110 valence electrons. The van der Waals surface area contributed by atoms with Crippen molar-refractivity contribution >= 4 is 28.6 Å². The number of thiocarbonyl (C=S) groups is 1. The van der Waals surface area contributed by atoms with Crippen molar-refractivity contribution in [2.45, 2.75) is 20.8 Å². The lowest BCUT2D eigenvalue weighted by molar-refractivity contribution is 0.475. The normalized spacial score (nSPS) is 10.4. The third kappa shape index (κ3) is 3.13. The Balaban J connectivity index is 2.65. The SMILES string of the molecule is CCN(c1cccc(O)c1)c1cc(C)nc(C)c1C(N)=S. The van der Waals surface area contributed by atoms with Crippen molar-refractivity contribution in [3.63, 3.8) is 0 Å². The van der Waals surface area contributed by atoms with Gasteiger partial charge in [-0.05, 0) is 39.0 Å². The van der Waals surface area contributed by atoms with Gasteiger partial charge in [-0.25, -0.2) is 0 Å². The number of rotatable bonds is 4. The summed E-state index contributed by atoms with van der Waals surface area (Å²) in [5, 5.41) is 9.70. The molecule has 0 amide bonds. The Labute approximate surface area is 130 Å². The van der Waals surface area contributed by atoms with Crippen LogP contribution >= 0.6 is 12.2 Å². The number of pyridine rings is 1. The minimum atomic E-state index is 0.227. The fourth-order valence-corrected chi connectivity index (χ4v) is 2.73. The molecule has 0 aliphatic carbocycles. The molecule has 4 nitrogen and oxygen atoms in total. The van der Waals surface area contributed by atoms with Crippen LogP contribution in [0.25, 0.3) is 0 Å². The summed E-state index contributed by atoms with van der Waals surface area (Å²) in [5.74, 6) is 0.227. The first kappa shape index (κ1) is 15.3. The number of hydrogen-bond acceptors (Lipinski definition) is 4. The maximum absolute atomic E-state index is 9.70. The van der Waals surface area contributed by atoms with E-state index in [1.165, 1.54) is 0 Å². The Kier molecular flexibility index (Phi) is 4.43. The predicted octanol–water partition coefficient (Wildman–Crippen LogP) is 3.20. The molecule has 5 heteroatoms. The van der Waals surface area contributed by atoms with Gasteiger partial charge in [0.25, 0.3) is 0 Å². The molecule has 2 aromatic rings. The summed E-state index contributed by atoms with van der Waals surface area (Å²) in [6, 6.07) is 9.09. The van der Waals surface area contributed by atoms with E-state index in [9.17, 15) is 5.11 Å². The predicted molar refractivity (Wildman–Crippen MR) is 90.4 cm³/mol. The zero-order chi connectivity index (χ0) is 15.6. The minimum absolute atomic E-state index is 0.227. The van der Waals surface area contributed by atoms with Crippen molar-refractivity contribution in [3.05, 3.63) is 47.3 Å². The fourth-order valence-electron chi connectivity index (χ4n) is 2.48. The molecule has 1 aromatic heterocycles. The van der Waals surface area contributed by atoms with E-state index in [1.807, 2.05) is 39.0 Å². The maximum atomic E-state index is 9.70. The van der Waals surface area contributed by atoms with E-state index < -0.39 is 0 Å². The van der Waals surface area contributed by atoms with Crippen LogP contribution in [0.5, 0.6) is 5.75 Å². The van der Waals surface area contributed by atoms with Crippen LogP contribution in [-0.2, 0) is 0 Å². The van der Waals surface area contributed by atoms with Crippen LogP contribution < -0.4 is 10.6 Å². The van der Waals surface area contributed by atoms with E-state index in [1.54, 1.807) is 12.1 Å². The summed E-state index contributed by atoms with van der Waals surface area (Å²) >= 11 is 5.18. The van der Waals surface area contributed by atoms with Crippen LogP contribution in [-0.4, -0.2) is 21.6 Å². The van der Waals surface area contributed by atoms with Crippen LogP contribution in [0.3, 0.4) is 0 Å².